The third kappa shape index (κ3) is 3.00. The van der Waals surface area contributed by atoms with Gasteiger partial charge in [0.15, 0.2) is 11.5 Å². The number of rotatable bonds is 5. The summed E-state index contributed by atoms with van der Waals surface area (Å²) < 4.78 is 5.07. The minimum atomic E-state index is 0.202. The summed E-state index contributed by atoms with van der Waals surface area (Å²) in [5, 5.41) is 14.3. The van der Waals surface area contributed by atoms with Crippen molar-refractivity contribution < 1.29 is 9.84 Å². The summed E-state index contributed by atoms with van der Waals surface area (Å²) in [4.78, 5) is 5.39. The minimum Gasteiger partial charge on any atom is -0.504 e. The van der Waals surface area contributed by atoms with Gasteiger partial charge in [0.05, 0.1) is 12.1 Å². The zero-order chi connectivity index (χ0) is 13.0. The van der Waals surface area contributed by atoms with Gasteiger partial charge in [-0.3, -0.25) is 0 Å². The molecule has 0 spiro atoms. The third-order valence-electron chi connectivity index (χ3n) is 2.59. The Labute approximate surface area is 110 Å². The van der Waals surface area contributed by atoms with Gasteiger partial charge in [0.2, 0.25) is 0 Å². The van der Waals surface area contributed by atoms with Gasteiger partial charge in [-0.15, -0.1) is 11.3 Å². The molecule has 18 heavy (non-hydrogen) atoms. The summed E-state index contributed by atoms with van der Waals surface area (Å²) >= 11 is 1.67. The largest absolute Gasteiger partial charge is 0.504 e. The van der Waals surface area contributed by atoms with E-state index in [0.717, 1.165) is 17.1 Å². The number of phenolic OH excluding ortho intramolecular Hbond substituents is 1. The summed E-state index contributed by atoms with van der Waals surface area (Å²) in [6.07, 6.45) is 1.87. The van der Waals surface area contributed by atoms with Crippen molar-refractivity contribution in [3.63, 3.8) is 0 Å². The molecule has 0 radical (unpaired) electrons. The minimum absolute atomic E-state index is 0.202. The van der Waals surface area contributed by atoms with Crippen LogP contribution in [0.2, 0.25) is 0 Å². The zero-order valence-corrected chi connectivity index (χ0v) is 11.3. The molecule has 96 valence electrons. The highest BCUT2D eigenvalue weighted by Crippen LogP contribution is 2.29. The molecule has 0 aliphatic rings. The van der Waals surface area contributed by atoms with E-state index in [1.807, 2.05) is 25.3 Å². The second-order valence-corrected chi connectivity index (χ2v) is 5.24. The lowest BCUT2D eigenvalue weighted by molar-refractivity contribution is 0.369. The molecule has 1 aromatic heterocycles. The van der Waals surface area contributed by atoms with E-state index in [0.29, 0.717) is 12.3 Å². The zero-order valence-electron chi connectivity index (χ0n) is 10.4. The maximum absolute atomic E-state index is 9.92. The van der Waals surface area contributed by atoms with Crippen molar-refractivity contribution in [2.75, 3.05) is 7.11 Å². The maximum Gasteiger partial charge on any atom is 0.162 e. The number of phenols is 1. The van der Waals surface area contributed by atoms with Crippen molar-refractivity contribution >= 4 is 11.3 Å². The fourth-order valence-corrected chi connectivity index (χ4v) is 2.45. The van der Waals surface area contributed by atoms with Gasteiger partial charge in [0, 0.05) is 29.7 Å². The molecule has 0 atom stereocenters. The van der Waals surface area contributed by atoms with Crippen molar-refractivity contribution in [1.29, 1.82) is 0 Å². The lowest BCUT2D eigenvalue weighted by atomic mass is 10.2. The standard InChI is InChI=1S/C13H16N2O2S/c1-9-15-8-11(18-9)7-14-6-10-4-3-5-12(17-2)13(10)16/h3-5,8,14,16H,6-7H2,1-2H3. The Kier molecular flexibility index (Phi) is 4.17. The van der Waals surface area contributed by atoms with E-state index in [1.165, 1.54) is 4.88 Å². The molecule has 0 saturated carbocycles. The quantitative estimate of drug-likeness (QED) is 0.871. The van der Waals surface area contributed by atoms with E-state index >= 15 is 0 Å². The van der Waals surface area contributed by atoms with Crippen molar-refractivity contribution in [2.45, 2.75) is 20.0 Å². The molecule has 0 fully saturated rings. The number of hydrogen-bond acceptors (Lipinski definition) is 5. The summed E-state index contributed by atoms with van der Waals surface area (Å²) in [5.74, 6) is 0.705. The smallest absolute Gasteiger partial charge is 0.162 e. The number of nitrogens with zero attached hydrogens (tertiary/aromatic N) is 1. The molecule has 4 nitrogen and oxygen atoms in total. The molecule has 2 rings (SSSR count). The van der Waals surface area contributed by atoms with Gasteiger partial charge >= 0.3 is 0 Å². The van der Waals surface area contributed by atoms with Crippen LogP contribution in [0.3, 0.4) is 0 Å². The molecule has 0 saturated heterocycles. The van der Waals surface area contributed by atoms with Crippen LogP contribution in [0, 0.1) is 6.92 Å². The predicted octanol–water partition coefficient (Wildman–Crippen LogP) is 2.46. The number of aromatic hydroxyl groups is 1. The Morgan fingerprint density at radius 1 is 1.39 bits per heavy atom. The molecule has 2 aromatic rings. The van der Waals surface area contributed by atoms with Gasteiger partial charge in [0.1, 0.15) is 0 Å². The van der Waals surface area contributed by atoms with Crippen LogP contribution in [0.1, 0.15) is 15.4 Å². The van der Waals surface area contributed by atoms with Crippen molar-refractivity contribution in [2.24, 2.45) is 0 Å². The molecule has 2 N–H and O–H groups in total. The van der Waals surface area contributed by atoms with Gasteiger partial charge in [-0.05, 0) is 13.0 Å². The van der Waals surface area contributed by atoms with Gasteiger partial charge in [-0.2, -0.15) is 0 Å². The molecule has 1 aromatic carbocycles. The number of para-hydroxylation sites is 1. The fourth-order valence-electron chi connectivity index (χ4n) is 1.68. The molecule has 0 aliphatic heterocycles. The first-order chi connectivity index (χ1) is 8.70. The number of benzene rings is 1. The van der Waals surface area contributed by atoms with Crippen LogP contribution in [0.25, 0.3) is 0 Å². The molecule has 5 heteroatoms. The van der Waals surface area contributed by atoms with Crippen LogP contribution in [0.5, 0.6) is 11.5 Å². The Morgan fingerprint density at radius 3 is 2.89 bits per heavy atom. The lowest BCUT2D eigenvalue weighted by Crippen LogP contribution is -2.12. The van der Waals surface area contributed by atoms with E-state index in [2.05, 4.69) is 10.3 Å². The van der Waals surface area contributed by atoms with Gasteiger partial charge in [0.25, 0.3) is 0 Å². The van der Waals surface area contributed by atoms with Crippen LogP contribution in [-0.4, -0.2) is 17.2 Å². The highest BCUT2D eigenvalue weighted by molar-refractivity contribution is 7.11. The Balaban J connectivity index is 1.94. The molecule has 0 aliphatic carbocycles. The van der Waals surface area contributed by atoms with Gasteiger partial charge < -0.3 is 15.2 Å². The number of aromatic nitrogens is 1. The Bertz CT molecular complexity index is 525. The highest BCUT2D eigenvalue weighted by Gasteiger charge is 2.06. The number of hydrogen-bond donors (Lipinski definition) is 2. The average Bonchev–Trinajstić information content (AvgIpc) is 2.77. The fraction of sp³-hybridized carbons (Fsp3) is 0.308. The van der Waals surface area contributed by atoms with Crippen LogP contribution in [-0.2, 0) is 13.1 Å². The Morgan fingerprint density at radius 2 is 2.22 bits per heavy atom. The van der Waals surface area contributed by atoms with Crippen LogP contribution >= 0.6 is 11.3 Å². The van der Waals surface area contributed by atoms with E-state index in [-0.39, 0.29) is 5.75 Å². The normalized spacial score (nSPS) is 10.6. The first-order valence-corrected chi connectivity index (χ1v) is 6.49. The van der Waals surface area contributed by atoms with Crippen LogP contribution in [0.15, 0.2) is 24.4 Å². The number of nitrogens with one attached hydrogen (secondary N) is 1. The first kappa shape index (κ1) is 12.9. The number of aryl methyl sites for hydroxylation is 1. The second kappa shape index (κ2) is 5.84. The summed E-state index contributed by atoms with van der Waals surface area (Å²) in [6, 6.07) is 5.49. The molecule has 0 amide bonds. The van der Waals surface area contributed by atoms with E-state index in [1.54, 1.807) is 24.5 Å². The van der Waals surface area contributed by atoms with Crippen LogP contribution in [0.4, 0.5) is 0 Å². The monoisotopic (exact) mass is 264 g/mol. The SMILES string of the molecule is COc1cccc(CNCc2cnc(C)s2)c1O. The number of ether oxygens (including phenoxy) is 1. The van der Waals surface area contributed by atoms with E-state index in [4.69, 9.17) is 4.74 Å². The summed E-state index contributed by atoms with van der Waals surface area (Å²) in [5.41, 5.74) is 0.829. The van der Waals surface area contributed by atoms with Crippen LogP contribution < -0.4 is 10.1 Å². The van der Waals surface area contributed by atoms with Gasteiger partial charge in [-0.1, -0.05) is 12.1 Å². The number of methoxy groups -OCH3 is 1. The maximum atomic E-state index is 9.92. The van der Waals surface area contributed by atoms with E-state index in [9.17, 15) is 5.11 Å². The first-order valence-electron chi connectivity index (χ1n) is 5.67. The molecule has 1 heterocycles. The molecule has 0 bridgehead atoms. The third-order valence-corrected chi connectivity index (χ3v) is 3.50. The molecular weight excluding hydrogens is 248 g/mol. The van der Waals surface area contributed by atoms with E-state index < -0.39 is 0 Å². The van der Waals surface area contributed by atoms with Gasteiger partial charge in [-0.25, -0.2) is 4.98 Å². The summed E-state index contributed by atoms with van der Waals surface area (Å²) in [6.45, 7) is 3.34. The highest BCUT2D eigenvalue weighted by atomic mass is 32.1. The van der Waals surface area contributed by atoms with Crippen molar-refractivity contribution in [3.8, 4) is 11.5 Å². The lowest BCUT2D eigenvalue weighted by Gasteiger charge is -2.09. The topological polar surface area (TPSA) is 54.4 Å². The average molecular weight is 264 g/mol. The molecular formula is C13H16N2O2S. The van der Waals surface area contributed by atoms with Crippen molar-refractivity contribution in [1.82, 2.24) is 10.3 Å². The Hall–Kier alpha value is -1.59. The number of thiazole rings is 1. The van der Waals surface area contributed by atoms with Crippen molar-refractivity contribution in [3.05, 3.63) is 39.8 Å². The molecule has 0 unspecified atom stereocenters. The predicted molar refractivity (Wildman–Crippen MR) is 72.1 cm³/mol. The second-order valence-electron chi connectivity index (χ2n) is 3.92. The summed E-state index contributed by atoms with van der Waals surface area (Å²) in [7, 11) is 1.55.